The largest absolute Gasteiger partial charge is 1.00 e. The van der Waals surface area contributed by atoms with Crippen molar-refractivity contribution in [3.8, 4) is 0 Å². The van der Waals surface area contributed by atoms with E-state index in [1.165, 1.54) is 37.0 Å². The molecule has 2 atom stereocenters. The second kappa shape index (κ2) is 10.3. The van der Waals surface area contributed by atoms with E-state index in [1.54, 1.807) is 0 Å². The molecule has 0 fully saturated rings. The average molecular weight is 671 g/mol. The fraction of sp³-hybridized carbons (Fsp3) is 0.0667. The summed E-state index contributed by atoms with van der Waals surface area (Å²) >= 11 is 1.28. The smallest absolute Gasteiger partial charge is 1.00 e. The van der Waals surface area contributed by atoms with Crippen LogP contribution in [-0.2, 0) is 29.5 Å². The number of hydrogen-bond acceptors (Lipinski definition) is 0. The van der Waals surface area contributed by atoms with Gasteiger partial charge in [0.05, 0.1) is 0 Å². The first kappa shape index (κ1) is 25.6. The molecular formula is C30H21Cl2IZr. The van der Waals surface area contributed by atoms with Gasteiger partial charge in [-0.25, -0.2) is 0 Å². The summed E-state index contributed by atoms with van der Waals surface area (Å²) in [5, 5.41) is 0. The maximum absolute atomic E-state index is 2.55. The van der Waals surface area contributed by atoms with Gasteiger partial charge in [-0.05, 0) is 0 Å². The standard InChI is InChI=1S/C15H10I.C15H11.2ClH.Zr/c16-14-8-4-7-12-9-10-13(15(12)14)11-5-2-1-3-6-11;1-2-6-12(7-3-1)15-11-10-13-8-4-5-9-14(13)15;;;/h1-10H;1-11H;2*1H;/q;;;;+2/p-2. The average Bonchev–Trinajstić information content (AvgIpc) is 3.42. The van der Waals surface area contributed by atoms with Crippen molar-refractivity contribution in [1.82, 2.24) is 0 Å². The van der Waals surface area contributed by atoms with E-state index in [1.807, 2.05) is 0 Å². The molecule has 4 aromatic rings. The van der Waals surface area contributed by atoms with Crippen LogP contribution in [-0.4, -0.2) is 0 Å². The van der Waals surface area contributed by atoms with Crippen LogP contribution in [0, 0.1) is 3.57 Å². The third-order valence-corrected chi connectivity index (χ3v) is 13.1. The molecule has 0 N–H and O–H groups in total. The predicted molar refractivity (Wildman–Crippen MR) is 138 cm³/mol. The Labute approximate surface area is 239 Å². The maximum Gasteiger partial charge on any atom is -1.00 e. The fourth-order valence-electron chi connectivity index (χ4n) is 5.26. The molecule has 4 aromatic carbocycles. The van der Waals surface area contributed by atoms with Crippen LogP contribution in [0.4, 0.5) is 0 Å². The van der Waals surface area contributed by atoms with Crippen molar-refractivity contribution >= 4 is 34.7 Å². The van der Waals surface area contributed by atoms with Crippen molar-refractivity contribution in [3.05, 3.63) is 152 Å². The van der Waals surface area contributed by atoms with Gasteiger partial charge in [-0.1, -0.05) is 0 Å². The van der Waals surface area contributed by atoms with E-state index < -0.39 is 23.2 Å². The van der Waals surface area contributed by atoms with Crippen LogP contribution in [0.15, 0.2) is 115 Å². The first-order chi connectivity index (χ1) is 15.7. The monoisotopic (exact) mass is 668 g/mol. The van der Waals surface area contributed by atoms with E-state index >= 15 is 0 Å². The third kappa shape index (κ3) is 4.01. The number of fused-ring (bicyclic) bond motifs is 2. The zero-order chi connectivity index (χ0) is 21.6. The van der Waals surface area contributed by atoms with Crippen LogP contribution in [0.1, 0.15) is 33.4 Å². The molecule has 0 saturated heterocycles. The molecule has 0 aromatic heterocycles. The van der Waals surface area contributed by atoms with Gasteiger partial charge in [-0.15, -0.1) is 0 Å². The summed E-state index contributed by atoms with van der Waals surface area (Å²) in [4.78, 5) is 0. The molecule has 0 spiro atoms. The van der Waals surface area contributed by atoms with Crippen molar-refractivity contribution in [3.63, 3.8) is 0 Å². The number of allylic oxidation sites excluding steroid dienone is 2. The van der Waals surface area contributed by atoms with Crippen LogP contribution in [0.25, 0.3) is 12.2 Å². The van der Waals surface area contributed by atoms with Crippen molar-refractivity contribution in [2.24, 2.45) is 0 Å². The normalized spacial score (nSPS) is 21.1. The van der Waals surface area contributed by atoms with Gasteiger partial charge in [0.1, 0.15) is 0 Å². The van der Waals surface area contributed by atoms with Crippen molar-refractivity contribution < 1.29 is 48.0 Å². The van der Waals surface area contributed by atoms with Crippen LogP contribution in [0.2, 0.25) is 0 Å². The minimum Gasteiger partial charge on any atom is -1.00 e. The Morgan fingerprint density at radius 1 is 0.529 bits per heavy atom. The molecule has 0 radical (unpaired) electrons. The number of halogens is 3. The van der Waals surface area contributed by atoms with E-state index in [9.17, 15) is 0 Å². The zero-order valence-corrected chi connectivity index (χ0v) is 24.4. The molecule has 0 bridgehead atoms. The number of rotatable bonds is 4. The van der Waals surface area contributed by atoms with E-state index in [0.29, 0.717) is 0 Å². The Morgan fingerprint density at radius 3 is 1.76 bits per heavy atom. The zero-order valence-electron chi connectivity index (χ0n) is 18.3. The van der Waals surface area contributed by atoms with Gasteiger partial charge >= 0.3 is 216 Å². The quantitative estimate of drug-likeness (QED) is 0.290. The molecule has 0 nitrogen and oxygen atoms in total. The molecule has 4 heteroatoms. The van der Waals surface area contributed by atoms with Gasteiger partial charge in [0.25, 0.3) is 0 Å². The summed E-state index contributed by atoms with van der Waals surface area (Å²) < 4.78 is 1.31. The second-order valence-corrected chi connectivity index (χ2v) is 14.1. The molecular weight excluding hydrogens is 649 g/mol. The summed E-state index contributed by atoms with van der Waals surface area (Å²) in [6.07, 6.45) is 9.78. The van der Waals surface area contributed by atoms with Gasteiger partial charge < -0.3 is 24.8 Å². The Kier molecular flexibility index (Phi) is 7.75. The molecule has 0 heterocycles. The van der Waals surface area contributed by atoms with Crippen molar-refractivity contribution in [2.75, 3.05) is 0 Å². The second-order valence-electron chi connectivity index (χ2n) is 8.43. The molecule has 2 aliphatic carbocycles. The van der Waals surface area contributed by atoms with Gasteiger partial charge in [-0.3, -0.25) is 0 Å². The summed E-state index contributed by atoms with van der Waals surface area (Å²) in [5.41, 5.74) is 8.58. The van der Waals surface area contributed by atoms with Gasteiger partial charge in [-0.2, -0.15) is 0 Å². The Bertz CT molecular complexity index is 1370. The Hall–Kier alpha value is -1.45. The molecule has 166 valence electrons. The van der Waals surface area contributed by atoms with Crippen LogP contribution in [0.3, 0.4) is 0 Å². The summed E-state index contributed by atoms with van der Waals surface area (Å²) in [6.45, 7) is 0. The van der Waals surface area contributed by atoms with Gasteiger partial charge in [0, 0.05) is 0 Å². The molecule has 0 saturated carbocycles. The molecule has 0 amide bonds. The van der Waals surface area contributed by atoms with E-state index in [0.717, 1.165) is 0 Å². The van der Waals surface area contributed by atoms with Crippen LogP contribution >= 0.6 is 22.6 Å². The fourth-order valence-corrected chi connectivity index (χ4v) is 12.6. The minimum absolute atomic E-state index is 0. The maximum atomic E-state index is 2.55. The summed E-state index contributed by atoms with van der Waals surface area (Å²) in [5.74, 6) is 0. The predicted octanol–water partition coefficient (Wildman–Crippen LogP) is 1.62. The van der Waals surface area contributed by atoms with Crippen molar-refractivity contribution in [1.29, 1.82) is 0 Å². The molecule has 0 aliphatic heterocycles. The topological polar surface area (TPSA) is 0 Å². The van der Waals surface area contributed by atoms with Gasteiger partial charge in [0.15, 0.2) is 0 Å². The summed E-state index contributed by atoms with van der Waals surface area (Å²) in [6, 6.07) is 38.2. The van der Waals surface area contributed by atoms with Gasteiger partial charge in [0.2, 0.25) is 0 Å². The van der Waals surface area contributed by atoms with E-state index in [4.69, 9.17) is 0 Å². The Morgan fingerprint density at radius 2 is 1.06 bits per heavy atom. The first-order valence-electron chi connectivity index (χ1n) is 10.9. The molecule has 6 rings (SSSR count). The Balaban J connectivity index is 0.00000137. The molecule has 2 unspecified atom stereocenters. The first-order valence-corrected chi connectivity index (χ1v) is 14.4. The number of benzene rings is 4. The van der Waals surface area contributed by atoms with Crippen LogP contribution < -0.4 is 24.8 Å². The number of hydrogen-bond donors (Lipinski definition) is 0. The SMILES string of the molecule is Ic1cccc2c1[C]([Zr+2][C]1(c3ccccc3)C=Cc3ccccc31)(c1ccccc1)C=C2.[Cl-].[Cl-]. The van der Waals surface area contributed by atoms with E-state index in [2.05, 4.69) is 150 Å². The van der Waals surface area contributed by atoms with Crippen molar-refractivity contribution in [2.45, 2.75) is 6.25 Å². The molecule has 2 aliphatic rings. The minimum atomic E-state index is -1.27. The van der Waals surface area contributed by atoms with E-state index in [-0.39, 0.29) is 31.1 Å². The summed E-state index contributed by atoms with van der Waals surface area (Å²) in [7, 11) is 0. The van der Waals surface area contributed by atoms with Crippen LogP contribution in [0.5, 0.6) is 0 Å². The molecule has 34 heavy (non-hydrogen) atoms. The third-order valence-electron chi connectivity index (χ3n) is 6.70.